The van der Waals surface area contributed by atoms with Crippen LogP contribution in [0.15, 0.2) is 47.4 Å². The van der Waals surface area contributed by atoms with Gasteiger partial charge in [0.05, 0.1) is 10.6 Å². The second kappa shape index (κ2) is 9.50. The Balaban J connectivity index is 0.00000364. The number of rotatable bonds is 7. The summed E-state index contributed by atoms with van der Waals surface area (Å²) in [5.41, 5.74) is 3.52. The quantitative estimate of drug-likeness (QED) is 0.491. The number of aliphatic hydroxyl groups is 1. The first-order valence-electron chi connectivity index (χ1n) is 7.93. The molecule has 8 heteroatoms. The lowest BCUT2D eigenvalue weighted by molar-refractivity contribution is -0.137. The fourth-order valence-electron chi connectivity index (χ4n) is 2.22. The molecule has 0 fully saturated rings. The topological polar surface area (TPSA) is 113 Å². The molecule has 148 valence electrons. The molecule has 1 atom stereocenters. The highest BCUT2D eigenvalue weighted by molar-refractivity contribution is 7.91. The van der Waals surface area contributed by atoms with Crippen LogP contribution in [-0.2, 0) is 14.6 Å². The van der Waals surface area contributed by atoms with E-state index in [1.165, 1.54) is 17.6 Å². The molecule has 0 aliphatic rings. The second-order valence-electron chi connectivity index (χ2n) is 5.92. The standard InChI is InChI=1S/C18H21NO6S.CH4/c1-12-3-4-15(11-13(12)2)25-14-5-7-16(8-6-14)26(23,24)10-9-17(20)18(21)19-22;/h3-8,11,17,20,22H,9-10H2,1-2H3,(H,19,21);1H4. The average Bonchev–Trinajstić information content (AvgIpc) is 2.62. The monoisotopic (exact) mass is 395 g/mol. The van der Waals surface area contributed by atoms with Gasteiger partial charge in [-0.25, -0.2) is 13.9 Å². The molecule has 27 heavy (non-hydrogen) atoms. The Morgan fingerprint density at radius 1 is 1.07 bits per heavy atom. The van der Waals surface area contributed by atoms with E-state index < -0.39 is 27.6 Å². The first kappa shape index (κ1) is 22.6. The highest BCUT2D eigenvalue weighted by Crippen LogP contribution is 2.25. The van der Waals surface area contributed by atoms with Crippen molar-refractivity contribution < 1.29 is 28.3 Å². The van der Waals surface area contributed by atoms with Gasteiger partial charge in [-0.15, -0.1) is 0 Å². The van der Waals surface area contributed by atoms with Crippen LogP contribution in [0.5, 0.6) is 11.5 Å². The van der Waals surface area contributed by atoms with Gasteiger partial charge in [-0.05, 0) is 67.8 Å². The maximum absolute atomic E-state index is 12.3. The number of sulfone groups is 1. The summed E-state index contributed by atoms with van der Waals surface area (Å²) in [7, 11) is -3.68. The summed E-state index contributed by atoms with van der Waals surface area (Å²) in [6, 6.07) is 11.6. The van der Waals surface area contributed by atoms with Gasteiger partial charge in [-0.2, -0.15) is 0 Å². The second-order valence-corrected chi connectivity index (χ2v) is 8.03. The third-order valence-electron chi connectivity index (χ3n) is 3.97. The molecule has 2 aromatic rings. The van der Waals surface area contributed by atoms with Crippen LogP contribution in [0.2, 0.25) is 0 Å². The molecule has 1 unspecified atom stereocenters. The minimum absolute atomic E-state index is 0. The van der Waals surface area contributed by atoms with E-state index in [-0.39, 0.29) is 18.7 Å². The molecule has 0 aliphatic carbocycles. The summed E-state index contributed by atoms with van der Waals surface area (Å²) in [4.78, 5) is 11.1. The summed E-state index contributed by atoms with van der Waals surface area (Å²) in [6.07, 6.45) is -1.92. The van der Waals surface area contributed by atoms with Crippen LogP contribution >= 0.6 is 0 Å². The molecule has 2 aromatic carbocycles. The highest BCUT2D eigenvalue weighted by Gasteiger charge is 2.20. The Morgan fingerprint density at radius 3 is 2.22 bits per heavy atom. The first-order chi connectivity index (χ1) is 12.2. The van der Waals surface area contributed by atoms with Gasteiger partial charge >= 0.3 is 0 Å². The lowest BCUT2D eigenvalue weighted by Gasteiger charge is -2.10. The zero-order valence-electron chi connectivity index (χ0n) is 14.5. The lowest BCUT2D eigenvalue weighted by atomic mass is 10.1. The van der Waals surface area contributed by atoms with Gasteiger partial charge in [-0.3, -0.25) is 10.0 Å². The number of hydroxylamine groups is 1. The van der Waals surface area contributed by atoms with Crippen molar-refractivity contribution in [1.82, 2.24) is 5.48 Å². The molecule has 1 amide bonds. The molecular weight excluding hydrogens is 370 g/mol. The van der Waals surface area contributed by atoms with Gasteiger partial charge in [-0.1, -0.05) is 13.5 Å². The number of aliphatic hydroxyl groups excluding tert-OH is 1. The van der Waals surface area contributed by atoms with Crippen LogP contribution in [0, 0.1) is 13.8 Å². The molecule has 7 nitrogen and oxygen atoms in total. The number of nitrogens with one attached hydrogen (secondary N) is 1. The smallest absolute Gasteiger partial charge is 0.272 e. The normalized spacial score (nSPS) is 12.0. The highest BCUT2D eigenvalue weighted by atomic mass is 32.2. The number of benzene rings is 2. The lowest BCUT2D eigenvalue weighted by Crippen LogP contribution is -2.33. The Morgan fingerprint density at radius 2 is 1.67 bits per heavy atom. The van der Waals surface area contributed by atoms with Crippen molar-refractivity contribution >= 4 is 15.7 Å². The van der Waals surface area contributed by atoms with Crippen LogP contribution in [0.4, 0.5) is 0 Å². The third-order valence-corrected chi connectivity index (χ3v) is 5.73. The van der Waals surface area contributed by atoms with E-state index in [4.69, 9.17) is 9.94 Å². The van der Waals surface area contributed by atoms with Crippen molar-refractivity contribution in [1.29, 1.82) is 0 Å². The zero-order valence-corrected chi connectivity index (χ0v) is 15.3. The molecule has 3 N–H and O–H groups in total. The molecule has 0 spiro atoms. The van der Waals surface area contributed by atoms with E-state index in [1.807, 2.05) is 32.0 Å². The molecule has 0 aliphatic heterocycles. The van der Waals surface area contributed by atoms with Crippen molar-refractivity contribution in [3.05, 3.63) is 53.6 Å². The van der Waals surface area contributed by atoms with Crippen molar-refractivity contribution in [2.24, 2.45) is 0 Å². The van der Waals surface area contributed by atoms with E-state index in [9.17, 15) is 18.3 Å². The van der Waals surface area contributed by atoms with Crippen molar-refractivity contribution in [2.75, 3.05) is 5.75 Å². The summed E-state index contributed by atoms with van der Waals surface area (Å²) < 4.78 is 30.2. The molecule has 0 bridgehead atoms. The van der Waals surface area contributed by atoms with Gasteiger partial charge < -0.3 is 9.84 Å². The van der Waals surface area contributed by atoms with E-state index in [1.54, 1.807) is 12.1 Å². The number of carbonyl (C=O) groups excluding carboxylic acids is 1. The van der Waals surface area contributed by atoms with Crippen molar-refractivity contribution in [3.8, 4) is 11.5 Å². The number of hydrogen-bond acceptors (Lipinski definition) is 6. The number of hydrogen-bond donors (Lipinski definition) is 3. The third kappa shape index (κ3) is 6.06. The summed E-state index contributed by atoms with van der Waals surface area (Å²) in [5, 5.41) is 17.8. The summed E-state index contributed by atoms with van der Waals surface area (Å²) >= 11 is 0. The van der Waals surface area contributed by atoms with Gasteiger partial charge in [0, 0.05) is 0 Å². The molecule has 0 aromatic heterocycles. The minimum atomic E-state index is -3.68. The largest absolute Gasteiger partial charge is 0.457 e. The SMILES string of the molecule is C.Cc1ccc(Oc2ccc(S(=O)(=O)CCC(O)C(=O)NO)cc2)cc1C. The molecule has 0 saturated carbocycles. The molecule has 0 heterocycles. The zero-order chi connectivity index (χ0) is 19.3. The average molecular weight is 395 g/mol. The summed E-state index contributed by atoms with van der Waals surface area (Å²) in [6.45, 7) is 3.98. The van der Waals surface area contributed by atoms with E-state index >= 15 is 0 Å². The van der Waals surface area contributed by atoms with Crippen LogP contribution in [0.3, 0.4) is 0 Å². The number of amides is 1. The van der Waals surface area contributed by atoms with Gasteiger partial charge in [0.15, 0.2) is 9.84 Å². The fourth-order valence-corrected chi connectivity index (χ4v) is 3.54. The fraction of sp³-hybridized carbons (Fsp3) is 0.316. The Kier molecular flexibility index (Phi) is 7.96. The predicted molar refractivity (Wildman–Crippen MR) is 102 cm³/mol. The number of ether oxygens (including phenoxy) is 1. The van der Waals surface area contributed by atoms with Gasteiger partial charge in [0.2, 0.25) is 0 Å². The van der Waals surface area contributed by atoms with Crippen LogP contribution in [0.1, 0.15) is 25.0 Å². The molecule has 0 radical (unpaired) electrons. The molecule has 2 rings (SSSR count). The Hall–Kier alpha value is -2.42. The van der Waals surface area contributed by atoms with Crippen LogP contribution in [-0.4, -0.2) is 36.5 Å². The van der Waals surface area contributed by atoms with Gasteiger partial charge in [0.25, 0.3) is 5.91 Å². The summed E-state index contributed by atoms with van der Waals surface area (Å²) in [5.74, 6) is -0.329. The van der Waals surface area contributed by atoms with Crippen molar-refractivity contribution in [3.63, 3.8) is 0 Å². The first-order valence-corrected chi connectivity index (χ1v) is 9.58. The van der Waals surface area contributed by atoms with Crippen LogP contribution < -0.4 is 10.2 Å². The Labute approximate surface area is 159 Å². The molecular formula is C19H25NO6S. The van der Waals surface area contributed by atoms with E-state index in [0.29, 0.717) is 11.5 Å². The number of aryl methyl sites for hydroxylation is 2. The predicted octanol–water partition coefficient (Wildman–Crippen LogP) is 2.76. The number of carbonyl (C=O) groups is 1. The van der Waals surface area contributed by atoms with Crippen molar-refractivity contribution in [2.45, 2.75) is 38.7 Å². The maximum Gasteiger partial charge on any atom is 0.272 e. The van der Waals surface area contributed by atoms with Crippen LogP contribution in [0.25, 0.3) is 0 Å². The Bertz CT molecular complexity index is 878. The molecule has 0 saturated heterocycles. The van der Waals surface area contributed by atoms with E-state index in [0.717, 1.165) is 11.1 Å². The van der Waals surface area contributed by atoms with Gasteiger partial charge in [0.1, 0.15) is 17.6 Å². The maximum atomic E-state index is 12.3. The van der Waals surface area contributed by atoms with E-state index in [2.05, 4.69) is 0 Å². The minimum Gasteiger partial charge on any atom is -0.457 e.